The number of halogens is 1. The van der Waals surface area contributed by atoms with Gasteiger partial charge in [0.15, 0.2) is 20.9 Å². The Balaban J connectivity index is 2.32. The molecule has 0 aliphatic rings. The highest BCUT2D eigenvalue weighted by atomic mass is 32.1. The lowest BCUT2D eigenvalue weighted by atomic mass is 10.4. The number of H-pyrrole nitrogens is 1. The molecule has 0 radical (unpaired) electrons. The topological polar surface area (TPSA) is 85.7 Å². The first-order valence-electron chi connectivity index (χ1n) is 5.29. The van der Waals surface area contributed by atoms with Crippen LogP contribution in [0.15, 0.2) is 17.1 Å². The van der Waals surface area contributed by atoms with Crippen LogP contribution >= 0.6 is 23.8 Å². The van der Waals surface area contributed by atoms with E-state index in [0.29, 0.717) is 10.3 Å². The number of pyridine rings is 1. The van der Waals surface area contributed by atoms with E-state index in [1.165, 1.54) is 13.3 Å². The number of nitrogens with one attached hydrogen (secondary N) is 1. The summed E-state index contributed by atoms with van der Waals surface area (Å²) in [5.41, 5.74) is 0.0816. The summed E-state index contributed by atoms with van der Waals surface area (Å²) < 4.78 is 23.6. The average Bonchev–Trinajstić information content (AvgIpc) is 2.87. The molecule has 3 aromatic rings. The van der Waals surface area contributed by atoms with Crippen LogP contribution in [-0.2, 0) is 0 Å². The van der Waals surface area contributed by atoms with Gasteiger partial charge in [-0.15, -0.1) is 5.10 Å². The van der Waals surface area contributed by atoms with Crippen molar-refractivity contribution >= 4 is 34.1 Å². The lowest BCUT2D eigenvalue weighted by Crippen LogP contribution is -2.20. The zero-order valence-electron chi connectivity index (χ0n) is 9.95. The summed E-state index contributed by atoms with van der Waals surface area (Å²) in [4.78, 5) is 18.8. The van der Waals surface area contributed by atoms with E-state index in [4.69, 9.17) is 17.0 Å². The van der Waals surface area contributed by atoms with E-state index < -0.39 is 11.4 Å². The fourth-order valence-electron chi connectivity index (χ4n) is 1.69. The molecule has 7 nitrogen and oxygen atoms in total. The zero-order valence-corrected chi connectivity index (χ0v) is 11.6. The van der Waals surface area contributed by atoms with Gasteiger partial charge in [0.25, 0.3) is 5.56 Å². The lowest BCUT2D eigenvalue weighted by Gasteiger charge is -2.07. The first-order chi connectivity index (χ1) is 9.61. The van der Waals surface area contributed by atoms with E-state index in [1.807, 2.05) is 0 Å². The van der Waals surface area contributed by atoms with Gasteiger partial charge in [-0.2, -0.15) is 0 Å². The van der Waals surface area contributed by atoms with Crippen LogP contribution in [0.2, 0.25) is 0 Å². The Morgan fingerprint density at radius 3 is 3.05 bits per heavy atom. The van der Waals surface area contributed by atoms with Crippen molar-refractivity contribution in [1.29, 1.82) is 0 Å². The number of fused-ring (bicyclic) bond motifs is 1. The third-order valence-corrected chi connectivity index (χ3v) is 3.56. The summed E-state index contributed by atoms with van der Waals surface area (Å²) in [7, 11) is 1.30. The summed E-state index contributed by atoms with van der Waals surface area (Å²) in [5, 5.41) is 3.74. The van der Waals surface area contributed by atoms with Crippen LogP contribution in [0.3, 0.4) is 0 Å². The van der Waals surface area contributed by atoms with Crippen LogP contribution in [0.5, 0.6) is 5.88 Å². The molecule has 3 rings (SSSR count). The van der Waals surface area contributed by atoms with Crippen LogP contribution in [0, 0.1) is 10.6 Å². The maximum atomic E-state index is 13.7. The molecule has 102 valence electrons. The molecule has 0 atom stereocenters. The molecule has 0 aliphatic heterocycles. The number of ether oxygens (including phenoxy) is 1. The number of hydrogen-bond acceptors (Lipinski definition) is 7. The van der Waals surface area contributed by atoms with Crippen LogP contribution in [0.4, 0.5) is 4.39 Å². The number of rotatable bonds is 2. The van der Waals surface area contributed by atoms with E-state index in [9.17, 15) is 9.18 Å². The second-order valence-corrected chi connectivity index (χ2v) is 4.85. The number of aromatic nitrogens is 5. The molecule has 0 fully saturated rings. The van der Waals surface area contributed by atoms with Gasteiger partial charge in [0.05, 0.1) is 19.0 Å². The van der Waals surface area contributed by atoms with Crippen LogP contribution in [0.25, 0.3) is 16.0 Å². The molecule has 0 unspecified atom stereocenters. The average molecular weight is 311 g/mol. The highest BCUT2D eigenvalue weighted by Gasteiger charge is 2.13. The SMILES string of the molecule is COc1ncc(-n2c(=S)[nH]c3nnsc3c2=O)cc1F. The summed E-state index contributed by atoms with van der Waals surface area (Å²) in [6.07, 6.45) is 1.30. The van der Waals surface area contributed by atoms with Crippen molar-refractivity contribution in [3.63, 3.8) is 0 Å². The molecule has 0 aromatic carbocycles. The first-order valence-corrected chi connectivity index (χ1v) is 6.47. The van der Waals surface area contributed by atoms with Gasteiger partial charge in [0.1, 0.15) is 0 Å². The van der Waals surface area contributed by atoms with Gasteiger partial charge >= 0.3 is 0 Å². The molecule has 3 aromatic heterocycles. The van der Waals surface area contributed by atoms with Crippen molar-refractivity contribution in [2.45, 2.75) is 0 Å². The molecule has 20 heavy (non-hydrogen) atoms. The highest BCUT2D eigenvalue weighted by Crippen LogP contribution is 2.17. The lowest BCUT2D eigenvalue weighted by molar-refractivity contribution is 0.369. The van der Waals surface area contributed by atoms with Crippen molar-refractivity contribution < 1.29 is 9.13 Å². The van der Waals surface area contributed by atoms with Gasteiger partial charge in [0, 0.05) is 6.07 Å². The van der Waals surface area contributed by atoms with E-state index in [-0.39, 0.29) is 16.3 Å². The van der Waals surface area contributed by atoms with Crippen molar-refractivity contribution in [3.05, 3.63) is 33.2 Å². The minimum Gasteiger partial charge on any atom is -0.479 e. The molecular weight excluding hydrogens is 305 g/mol. The van der Waals surface area contributed by atoms with E-state index in [2.05, 4.69) is 19.6 Å². The normalized spacial score (nSPS) is 10.9. The smallest absolute Gasteiger partial charge is 0.280 e. The van der Waals surface area contributed by atoms with E-state index in [0.717, 1.165) is 22.2 Å². The molecule has 3 heterocycles. The second kappa shape index (κ2) is 4.72. The number of nitrogens with zero attached hydrogens (tertiary/aromatic N) is 4. The Labute approximate surface area is 119 Å². The standard InChI is InChI=1S/C10H6FN5O2S2/c1-18-8-5(11)2-4(3-12-8)16-9(17)6-7(13-10(16)19)14-15-20-6/h2-3H,1H3,(H,13,19). The van der Waals surface area contributed by atoms with Crippen LogP contribution < -0.4 is 10.3 Å². The van der Waals surface area contributed by atoms with Gasteiger partial charge in [-0.1, -0.05) is 4.49 Å². The maximum absolute atomic E-state index is 13.7. The number of aromatic amines is 1. The Bertz CT molecular complexity index is 916. The monoisotopic (exact) mass is 311 g/mol. The highest BCUT2D eigenvalue weighted by molar-refractivity contribution is 7.71. The minimum atomic E-state index is -0.686. The Morgan fingerprint density at radius 1 is 1.55 bits per heavy atom. The molecule has 1 N–H and O–H groups in total. The summed E-state index contributed by atoms with van der Waals surface area (Å²) in [6.45, 7) is 0. The molecular formula is C10H6FN5O2S2. The predicted octanol–water partition coefficient (Wildman–Crippen LogP) is 1.44. The number of hydrogen-bond donors (Lipinski definition) is 1. The van der Waals surface area contributed by atoms with Crippen molar-refractivity contribution in [1.82, 2.24) is 24.1 Å². The van der Waals surface area contributed by atoms with Crippen molar-refractivity contribution in [3.8, 4) is 11.6 Å². The molecule has 0 bridgehead atoms. The first kappa shape index (κ1) is 12.8. The second-order valence-electron chi connectivity index (χ2n) is 3.71. The van der Waals surface area contributed by atoms with Gasteiger partial charge < -0.3 is 9.72 Å². The minimum absolute atomic E-state index is 0.0848. The van der Waals surface area contributed by atoms with Crippen LogP contribution in [0.1, 0.15) is 0 Å². The quantitative estimate of drug-likeness (QED) is 0.721. The van der Waals surface area contributed by atoms with Gasteiger partial charge in [-0.25, -0.2) is 9.37 Å². The number of methoxy groups -OCH3 is 1. The third-order valence-electron chi connectivity index (χ3n) is 2.56. The van der Waals surface area contributed by atoms with Gasteiger partial charge in [0.2, 0.25) is 5.88 Å². The molecule has 0 amide bonds. The Kier molecular flexibility index (Phi) is 3.03. The maximum Gasteiger partial charge on any atom is 0.280 e. The van der Waals surface area contributed by atoms with Crippen molar-refractivity contribution in [2.24, 2.45) is 0 Å². The van der Waals surface area contributed by atoms with E-state index >= 15 is 0 Å². The fraction of sp³-hybridized carbons (Fsp3) is 0.100. The summed E-state index contributed by atoms with van der Waals surface area (Å²) in [6, 6.07) is 1.12. The summed E-state index contributed by atoms with van der Waals surface area (Å²) >= 11 is 6.01. The molecule has 0 saturated carbocycles. The molecule has 0 spiro atoms. The van der Waals surface area contributed by atoms with Crippen LogP contribution in [-0.4, -0.2) is 31.2 Å². The Hall–Kier alpha value is -2.20. The predicted molar refractivity (Wildman–Crippen MR) is 72.5 cm³/mol. The van der Waals surface area contributed by atoms with Gasteiger partial charge in [-0.05, 0) is 23.8 Å². The molecule has 0 aliphatic carbocycles. The van der Waals surface area contributed by atoms with Gasteiger partial charge in [-0.3, -0.25) is 9.36 Å². The third kappa shape index (κ3) is 1.89. The zero-order chi connectivity index (χ0) is 14.3. The Morgan fingerprint density at radius 2 is 2.35 bits per heavy atom. The molecule has 0 saturated heterocycles. The summed E-state index contributed by atoms with van der Waals surface area (Å²) in [5.74, 6) is -0.842. The van der Waals surface area contributed by atoms with E-state index in [1.54, 1.807) is 0 Å². The van der Waals surface area contributed by atoms with Crippen molar-refractivity contribution in [2.75, 3.05) is 7.11 Å². The largest absolute Gasteiger partial charge is 0.479 e. The fourth-order valence-corrected chi connectivity index (χ4v) is 2.52. The molecule has 10 heteroatoms.